The third-order valence-corrected chi connectivity index (χ3v) is 4.84. The molecule has 0 aliphatic rings. The molecular weight excluding hydrogens is 308 g/mol. The van der Waals surface area contributed by atoms with Gasteiger partial charge in [-0.15, -0.1) is 11.3 Å². The summed E-state index contributed by atoms with van der Waals surface area (Å²) < 4.78 is 0. The number of thiazole rings is 1. The van der Waals surface area contributed by atoms with Crippen LogP contribution >= 0.6 is 11.3 Å². The van der Waals surface area contributed by atoms with E-state index < -0.39 is 0 Å². The van der Waals surface area contributed by atoms with Crippen LogP contribution in [-0.2, 0) is 0 Å². The fraction of sp³-hybridized carbons (Fsp3) is 0.353. The Balaban J connectivity index is 1.90. The summed E-state index contributed by atoms with van der Waals surface area (Å²) >= 11 is 1.42. The molecule has 0 aliphatic heterocycles. The number of benzene rings is 1. The normalized spacial score (nSPS) is 12.7. The number of carbonyl (C=O) groups excluding carboxylic acids is 1. The number of hydrogen-bond acceptors (Lipinski definition) is 4. The number of hydrogen-bond donors (Lipinski definition) is 2. The van der Waals surface area contributed by atoms with Crippen molar-refractivity contribution in [1.82, 2.24) is 20.3 Å². The van der Waals surface area contributed by atoms with Gasteiger partial charge >= 0.3 is 0 Å². The van der Waals surface area contributed by atoms with Crippen LogP contribution in [0.2, 0.25) is 0 Å². The summed E-state index contributed by atoms with van der Waals surface area (Å²) in [6.07, 6.45) is 0. The number of fused-ring (bicyclic) bond motifs is 1. The first-order chi connectivity index (χ1) is 11.0. The van der Waals surface area contributed by atoms with Crippen LogP contribution in [0.1, 0.15) is 46.1 Å². The van der Waals surface area contributed by atoms with E-state index in [-0.39, 0.29) is 17.9 Å². The minimum atomic E-state index is -0.170. The van der Waals surface area contributed by atoms with E-state index in [1.54, 1.807) is 0 Å². The number of imidazole rings is 1. The molecule has 3 rings (SSSR count). The molecule has 3 aromatic rings. The molecule has 0 spiro atoms. The second-order valence-electron chi connectivity index (χ2n) is 5.98. The Morgan fingerprint density at radius 2 is 1.96 bits per heavy atom. The van der Waals surface area contributed by atoms with Crippen molar-refractivity contribution in [3.05, 3.63) is 45.7 Å². The first-order valence-electron chi connectivity index (χ1n) is 7.65. The van der Waals surface area contributed by atoms with Gasteiger partial charge in [-0.2, -0.15) is 0 Å². The molecule has 0 radical (unpaired) electrons. The highest BCUT2D eigenvalue weighted by Gasteiger charge is 2.24. The lowest BCUT2D eigenvalue weighted by Gasteiger charge is -2.20. The monoisotopic (exact) mass is 328 g/mol. The number of aryl methyl sites for hydroxylation is 2. The standard InChI is InChI=1S/C17H20N4OS/c1-9(2)14(16-19-12-7-5-6-8-13(12)20-16)21-17(22)15-10(3)18-11(4)23-15/h5-9,14H,1-4H3,(H,19,20)(H,21,22). The number of nitrogens with zero attached hydrogens (tertiary/aromatic N) is 2. The van der Waals surface area contributed by atoms with E-state index in [1.807, 2.05) is 38.1 Å². The number of para-hydroxylation sites is 2. The molecule has 1 unspecified atom stereocenters. The van der Waals surface area contributed by atoms with Gasteiger partial charge in [0.05, 0.1) is 27.8 Å². The summed E-state index contributed by atoms with van der Waals surface area (Å²) in [5.41, 5.74) is 2.66. The zero-order valence-corrected chi connectivity index (χ0v) is 14.5. The Morgan fingerprint density at radius 1 is 1.22 bits per heavy atom. The van der Waals surface area contributed by atoms with Crippen LogP contribution in [0.3, 0.4) is 0 Å². The largest absolute Gasteiger partial charge is 0.341 e. The van der Waals surface area contributed by atoms with Gasteiger partial charge in [-0.3, -0.25) is 4.79 Å². The lowest BCUT2D eigenvalue weighted by molar-refractivity contribution is 0.0926. The zero-order valence-electron chi connectivity index (χ0n) is 13.7. The number of nitrogens with one attached hydrogen (secondary N) is 2. The van der Waals surface area contributed by atoms with Crippen molar-refractivity contribution in [1.29, 1.82) is 0 Å². The van der Waals surface area contributed by atoms with Crippen molar-refractivity contribution in [3.63, 3.8) is 0 Å². The van der Waals surface area contributed by atoms with Crippen molar-refractivity contribution >= 4 is 28.3 Å². The molecule has 1 atom stereocenters. The molecule has 1 amide bonds. The van der Waals surface area contributed by atoms with Crippen LogP contribution in [0.25, 0.3) is 11.0 Å². The fourth-order valence-electron chi connectivity index (χ4n) is 2.62. The number of rotatable bonds is 4. The van der Waals surface area contributed by atoms with Crippen molar-refractivity contribution in [2.45, 2.75) is 33.7 Å². The first-order valence-corrected chi connectivity index (χ1v) is 8.47. The van der Waals surface area contributed by atoms with Gasteiger partial charge in [-0.05, 0) is 31.9 Å². The summed E-state index contributed by atoms with van der Waals surface area (Å²) in [4.78, 5) is 25.5. The van der Waals surface area contributed by atoms with E-state index in [9.17, 15) is 4.79 Å². The third-order valence-electron chi connectivity index (χ3n) is 3.77. The van der Waals surface area contributed by atoms with E-state index in [2.05, 4.69) is 34.1 Å². The summed E-state index contributed by atoms with van der Waals surface area (Å²) in [5, 5.41) is 4.00. The topological polar surface area (TPSA) is 70.7 Å². The molecular formula is C17H20N4OS. The third kappa shape index (κ3) is 3.12. The number of aromatic amines is 1. The molecule has 2 N–H and O–H groups in total. The van der Waals surface area contributed by atoms with Gasteiger partial charge in [-0.25, -0.2) is 9.97 Å². The van der Waals surface area contributed by atoms with Crippen LogP contribution in [-0.4, -0.2) is 20.9 Å². The van der Waals surface area contributed by atoms with E-state index in [0.717, 1.165) is 27.6 Å². The highest BCUT2D eigenvalue weighted by Crippen LogP contribution is 2.24. The Labute approximate surface area is 139 Å². The molecule has 0 fully saturated rings. The maximum atomic E-state index is 12.6. The van der Waals surface area contributed by atoms with E-state index in [0.29, 0.717) is 4.88 Å². The Morgan fingerprint density at radius 3 is 2.57 bits per heavy atom. The van der Waals surface area contributed by atoms with Crippen molar-refractivity contribution in [2.24, 2.45) is 5.92 Å². The number of aromatic nitrogens is 3. The molecule has 2 aromatic heterocycles. The summed E-state index contributed by atoms with van der Waals surface area (Å²) in [7, 11) is 0. The summed E-state index contributed by atoms with van der Waals surface area (Å²) in [6, 6.07) is 7.71. The highest BCUT2D eigenvalue weighted by molar-refractivity contribution is 7.13. The molecule has 0 aliphatic carbocycles. The van der Waals surface area contributed by atoms with Crippen LogP contribution < -0.4 is 5.32 Å². The van der Waals surface area contributed by atoms with Gasteiger partial charge in [0, 0.05) is 0 Å². The minimum Gasteiger partial charge on any atom is -0.341 e. The van der Waals surface area contributed by atoms with Gasteiger partial charge in [0.2, 0.25) is 0 Å². The number of H-pyrrole nitrogens is 1. The van der Waals surface area contributed by atoms with E-state index in [1.165, 1.54) is 11.3 Å². The summed E-state index contributed by atoms with van der Waals surface area (Å²) in [5.74, 6) is 0.912. The van der Waals surface area contributed by atoms with Gasteiger partial charge in [0.15, 0.2) is 0 Å². The molecule has 2 heterocycles. The Hall–Kier alpha value is -2.21. The quantitative estimate of drug-likeness (QED) is 0.766. The number of carbonyl (C=O) groups is 1. The molecule has 0 saturated heterocycles. The molecule has 5 nitrogen and oxygen atoms in total. The zero-order chi connectivity index (χ0) is 16.6. The van der Waals surface area contributed by atoms with Crippen LogP contribution in [0.4, 0.5) is 0 Å². The molecule has 6 heteroatoms. The predicted octanol–water partition coefficient (Wildman–Crippen LogP) is 3.76. The van der Waals surface area contributed by atoms with Crippen LogP contribution in [0.15, 0.2) is 24.3 Å². The smallest absolute Gasteiger partial charge is 0.263 e. The Kier molecular flexibility index (Phi) is 4.17. The van der Waals surface area contributed by atoms with Crippen molar-refractivity contribution < 1.29 is 4.79 Å². The SMILES string of the molecule is Cc1nc(C)c(C(=O)NC(c2nc3ccccc3[nH]2)C(C)C)s1. The van der Waals surface area contributed by atoms with Crippen LogP contribution in [0, 0.1) is 19.8 Å². The maximum Gasteiger partial charge on any atom is 0.263 e. The lowest BCUT2D eigenvalue weighted by atomic mass is 10.0. The Bertz CT molecular complexity index is 816. The van der Waals surface area contributed by atoms with E-state index >= 15 is 0 Å². The van der Waals surface area contributed by atoms with E-state index in [4.69, 9.17) is 0 Å². The second kappa shape index (κ2) is 6.12. The first kappa shape index (κ1) is 15.7. The van der Waals surface area contributed by atoms with Crippen molar-refractivity contribution in [2.75, 3.05) is 0 Å². The molecule has 0 bridgehead atoms. The van der Waals surface area contributed by atoms with Gasteiger partial charge in [0.1, 0.15) is 10.7 Å². The fourth-order valence-corrected chi connectivity index (χ4v) is 3.44. The lowest BCUT2D eigenvalue weighted by Crippen LogP contribution is -2.32. The number of amides is 1. The van der Waals surface area contributed by atoms with Gasteiger partial charge in [0.25, 0.3) is 5.91 Å². The molecule has 0 saturated carbocycles. The van der Waals surface area contributed by atoms with Gasteiger partial charge in [-0.1, -0.05) is 26.0 Å². The minimum absolute atomic E-state index is 0.0905. The molecule has 1 aromatic carbocycles. The molecule has 23 heavy (non-hydrogen) atoms. The summed E-state index contributed by atoms with van der Waals surface area (Å²) in [6.45, 7) is 7.92. The van der Waals surface area contributed by atoms with Gasteiger partial charge < -0.3 is 10.3 Å². The van der Waals surface area contributed by atoms with Crippen molar-refractivity contribution in [3.8, 4) is 0 Å². The average molecular weight is 328 g/mol. The molecule has 120 valence electrons. The highest BCUT2D eigenvalue weighted by atomic mass is 32.1. The predicted molar refractivity (Wildman–Crippen MR) is 92.7 cm³/mol. The maximum absolute atomic E-state index is 12.6. The second-order valence-corrected chi connectivity index (χ2v) is 7.18. The average Bonchev–Trinajstić information content (AvgIpc) is 3.06. The van der Waals surface area contributed by atoms with Crippen LogP contribution in [0.5, 0.6) is 0 Å².